The normalized spacial score (nSPS) is 30.2. The van der Waals surface area contributed by atoms with Crippen LogP contribution in [0.5, 0.6) is 0 Å². The van der Waals surface area contributed by atoms with Crippen LogP contribution in [0.25, 0.3) is 11.0 Å². The molecule has 8 heteroatoms. The Balaban J connectivity index is 2.07. The second-order valence-electron chi connectivity index (χ2n) is 4.90. The molecule has 3 heterocycles. The number of pyridine rings is 1. The van der Waals surface area contributed by atoms with Crippen molar-refractivity contribution >= 4 is 16.9 Å². The number of aliphatic hydroxyl groups excluding tert-OH is 3. The van der Waals surface area contributed by atoms with Gasteiger partial charge in [-0.15, -0.1) is 0 Å². The first-order valence-electron chi connectivity index (χ1n) is 6.25. The van der Waals surface area contributed by atoms with Crippen molar-refractivity contribution in [1.82, 2.24) is 14.5 Å². The Morgan fingerprint density at radius 2 is 2.15 bits per heavy atom. The van der Waals surface area contributed by atoms with Gasteiger partial charge >= 0.3 is 0 Å². The molecule has 1 fully saturated rings. The summed E-state index contributed by atoms with van der Waals surface area (Å²) in [5.74, 6) is 0.297. The largest absolute Gasteiger partial charge is 0.394 e. The first kappa shape index (κ1) is 13.3. The summed E-state index contributed by atoms with van der Waals surface area (Å²) in [7, 11) is 0. The van der Waals surface area contributed by atoms with Crippen molar-refractivity contribution in [3.8, 4) is 0 Å². The molecule has 0 aliphatic carbocycles. The minimum atomic E-state index is -1.15. The van der Waals surface area contributed by atoms with Crippen LogP contribution in [-0.4, -0.2) is 54.8 Å². The van der Waals surface area contributed by atoms with E-state index in [9.17, 15) is 10.2 Å². The molecule has 1 aliphatic heterocycles. The number of aryl methyl sites for hydroxylation is 1. The first-order valence-corrected chi connectivity index (χ1v) is 6.25. The van der Waals surface area contributed by atoms with Gasteiger partial charge in [-0.05, 0) is 13.0 Å². The Kier molecular flexibility index (Phi) is 3.09. The number of rotatable bonds is 2. The Morgan fingerprint density at radius 1 is 1.40 bits per heavy atom. The molecule has 2 aromatic rings. The summed E-state index contributed by atoms with van der Waals surface area (Å²) in [5.41, 5.74) is 7.68. The van der Waals surface area contributed by atoms with Crippen LogP contribution in [0.3, 0.4) is 0 Å². The molecule has 8 nitrogen and oxygen atoms in total. The Hall–Kier alpha value is -1.74. The number of ether oxygens (including phenoxy) is 1. The predicted octanol–water partition coefficient (Wildman–Crippen LogP) is -1.07. The quantitative estimate of drug-likeness (QED) is 0.552. The van der Waals surface area contributed by atoms with Crippen molar-refractivity contribution in [3.63, 3.8) is 0 Å². The summed E-state index contributed by atoms with van der Waals surface area (Å²) in [4.78, 5) is 8.27. The maximum Gasteiger partial charge on any atom is 0.164 e. The SMILES string of the molecule is Cc1cc2c(ncn2[C@@H]2O[C@H](CO)[C@H](O)C2O)c(N)n1. The lowest BCUT2D eigenvalue weighted by Gasteiger charge is -2.17. The van der Waals surface area contributed by atoms with Crippen LogP contribution in [0.2, 0.25) is 0 Å². The lowest BCUT2D eigenvalue weighted by atomic mass is 10.1. The third kappa shape index (κ3) is 1.85. The van der Waals surface area contributed by atoms with E-state index < -0.39 is 24.5 Å². The lowest BCUT2D eigenvalue weighted by Crippen LogP contribution is -2.33. The summed E-state index contributed by atoms with van der Waals surface area (Å²) >= 11 is 0. The van der Waals surface area contributed by atoms with Gasteiger partial charge in [-0.1, -0.05) is 0 Å². The zero-order valence-electron chi connectivity index (χ0n) is 10.8. The van der Waals surface area contributed by atoms with Crippen LogP contribution >= 0.6 is 0 Å². The average Bonchev–Trinajstić information content (AvgIpc) is 2.93. The van der Waals surface area contributed by atoms with Gasteiger partial charge in [-0.3, -0.25) is 0 Å². The van der Waals surface area contributed by atoms with Crippen molar-refractivity contribution in [2.24, 2.45) is 0 Å². The highest BCUT2D eigenvalue weighted by Crippen LogP contribution is 2.32. The highest BCUT2D eigenvalue weighted by Gasteiger charge is 2.43. The molecule has 0 saturated carbocycles. The standard InChI is InChI=1S/C12H16N4O4/c1-5-2-6-8(11(13)15-5)14-4-16(6)12-10(19)9(18)7(3-17)20-12/h2,4,7,9-10,12,17-19H,3H2,1H3,(H2,13,15)/t7-,9+,10?,12-/m1/s1. The molecule has 0 radical (unpaired) electrons. The molecule has 4 atom stereocenters. The van der Waals surface area contributed by atoms with E-state index in [0.717, 1.165) is 0 Å². The van der Waals surface area contributed by atoms with Gasteiger partial charge in [0, 0.05) is 5.69 Å². The number of nitrogens with zero attached hydrogens (tertiary/aromatic N) is 3. The first-order chi connectivity index (χ1) is 9.52. The molecule has 1 saturated heterocycles. The minimum absolute atomic E-state index is 0.297. The van der Waals surface area contributed by atoms with Crippen molar-refractivity contribution in [2.75, 3.05) is 12.3 Å². The van der Waals surface area contributed by atoms with E-state index in [1.807, 2.05) is 0 Å². The van der Waals surface area contributed by atoms with Gasteiger partial charge in [0.1, 0.15) is 23.8 Å². The number of aromatic nitrogens is 3. The number of imidazole rings is 1. The van der Waals surface area contributed by atoms with Gasteiger partial charge in [0.25, 0.3) is 0 Å². The van der Waals surface area contributed by atoms with Gasteiger partial charge in [0.15, 0.2) is 12.0 Å². The molecule has 0 spiro atoms. The van der Waals surface area contributed by atoms with Crippen LogP contribution in [0.4, 0.5) is 5.82 Å². The fraction of sp³-hybridized carbons (Fsp3) is 0.500. The Morgan fingerprint density at radius 3 is 2.80 bits per heavy atom. The molecule has 3 rings (SSSR count). The molecule has 1 aliphatic rings. The van der Waals surface area contributed by atoms with E-state index in [1.165, 1.54) is 6.33 Å². The molecular formula is C12H16N4O4. The number of hydrogen-bond acceptors (Lipinski definition) is 7. The topological polar surface area (TPSA) is 127 Å². The fourth-order valence-electron chi connectivity index (χ4n) is 2.50. The second-order valence-corrected chi connectivity index (χ2v) is 4.90. The average molecular weight is 280 g/mol. The Labute approximate surface area is 114 Å². The van der Waals surface area contributed by atoms with Gasteiger partial charge in [0.2, 0.25) is 0 Å². The third-order valence-electron chi connectivity index (χ3n) is 3.51. The summed E-state index contributed by atoms with van der Waals surface area (Å²) in [6, 6.07) is 1.77. The van der Waals surface area contributed by atoms with Gasteiger partial charge in [-0.2, -0.15) is 0 Å². The van der Waals surface area contributed by atoms with E-state index in [0.29, 0.717) is 22.5 Å². The number of nitrogen functional groups attached to an aromatic ring is 1. The fourth-order valence-corrected chi connectivity index (χ4v) is 2.50. The van der Waals surface area contributed by atoms with E-state index in [4.69, 9.17) is 15.6 Å². The molecule has 0 bridgehead atoms. The van der Waals surface area contributed by atoms with Crippen molar-refractivity contribution in [1.29, 1.82) is 0 Å². The molecule has 5 N–H and O–H groups in total. The molecule has 1 unspecified atom stereocenters. The van der Waals surface area contributed by atoms with Crippen molar-refractivity contribution in [3.05, 3.63) is 18.1 Å². The van der Waals surface area contributed by atoms with Crippen LogP contribution in [0.1, 0.15) is 11.9 Å². The number of hydrogen-bond donors (Lipinski definition) is 4. The zero-order chi connectivity index (χ0) is 14.4. The number of nitrogens with two attached hydrogens (primary N) is 1. The van der Waals surface area contributed by atoms with Crippen LogP contribution in [-0.2, 0) is 4.74 Å². The predicted molar refractivity (Wildman–Crippen MR) is 69.7 cm³/mol. The van der Waals surface area contributed by atoms with E-state index in [1.54, 1.807) is 17.6 Å². The zero-order valence-corrected chi connectivity index (χ0v) is 10.8. The van der Waals surface area contributed by atoms with E-state index in [-0.39, 0.29) is 6.61 Å². The number of anilines is 1. The third-order valence-corrected chi connectivity index (χ3v) is 3.51. The summed E-state index contributed by atoms with van der Waals surface area (Å²) < 4.78 is 7.07. The maximum atomic E-state index is 10.0. The Bertz CT molecular complexity index is 644. The molecular weight excluding hydrogens is 264 g/mol. The van der Waals surface area contributed by atoms with E-state index in [2.05, 4.69) is 9.97 Å². The molecule has 0 aromatic carbocycles. The van der Waals surface area contributed by atoms with Crippen LogP contribution in [0, 0.1) is 6.92 Å². The van der Waals surface area contributed by atoms with Gasteiger partial charge in [-0.25, -0.2) is 9.97 Å². The van der Waals surface area contributed by atoms with E-state index >= 15 is 0 Å². The highest BCUT2D eigenvalue weighted by atomic mass is 16.6. The molecule has 20 heavy (non-hydrogen) atoms. The summed E-state index contributed by atoms with van der Waals surface area (Å²) in [5, 5.41) is 29.0. The lowest BCUT2D eigenvalue weighted by molar-refractivity contribution is -0.0508. The summed E-state index contributed by atoms with van der Waals surface area (Å²) in [6.07, 6.45) is -2.48. The van der Waals surface area contributed by atoms with Gasteiger partial charge < -0.3 is 30.4 Å². The van der Waals surface area contributed by atoms with Crippen LogP contribution < -0.4 is 5.73 Å². The maximum absolute atomic E-state index is 10.0. The number of fused-ring (bicyclic) bond motifs is 1. The van der Waals surface area contributed by atoms with Crippen molar-refractivity contribution < 1.29 is 20.1 Å². The highest BCUT2D eigenvalue weighted by molar-refractivity contribution is 5.85. The minimum Gasteiger partial charge on any atom is -0.394 e. The van der Waals surface area contributed by atoms with Crippen LogP contribution in [0.15, 0.2) is 12.4 Å². The molecule has 0 amide bonds. The van der Waals surface area contributed by atoms with Gasteiger partial charge in [0.05, 0.1) is 18.5 Å². The monoisotopic (exact) mass is 280 g/mol. The smallest absolute Gasteiger partial charge is 0.164 e. The van der Waals surface area contributed by atoms with Crippen molar-refractivity contribution in [2.45, 2.75) is 31.5 Å². The molecule has 2 aromatic heterocycles. The summed E-state index contributed by atoms with van der Waals surface area (Å²) in [6.45, 7) is 1.43. The number of aliphatic hydroxyl groups is 3. The molecule has 108 valence electrons. The second kappa shape index (κ2) is 4.67.